The smallest absolute Gasteiger partial charge is 0.152 e. The molecule has 0 heterocycles. The number of carbonyl (C=O) groups is 1. The van der Waals surface area contributed by atoms with Gasteiger partial charge in [0.25, 0.3) is 0 Å². The zero-order chi connectivity index (χ0) is 17.0. The van der Waals surface area contributed by atoms with E-state index >= 15 is 0 Å². The summed E-state index contributed by atoms with van der Waals surface area (Å²) < 4.78 is 0. The molecule has 3 fully saturated rings. The van der Waals surface area contributed by atoms with Crippen molar-refractivity contribution in [2.24, 2.45) is 40.4 Å². The molecule has 2 heteroatoms. The number of aldehydes is 1. The van der Waals surface area contributed by atoms with E-state index < -0.39 is 5.60 Å². The molecule has 0 aliphatic heterocycles. The highest BCUT2D eigenvalue weighted by Gasteiger charge is 2.59. The molecule has 132 valence electrons. The first kappa shape index (κ1) is 17.5. The summed E-state index contributed by atoms with van der Waals surface area (Å²) in [6.07, 6.45) is 8.57. The number of fused-ring (bicyclic) bond motifs is 3. The third-order valence-electron chi connectivity index (χ3n) is 8.85. The van der Waals surface area contributed by atoms with E-state index in [2.05, 4.69) is 34.6 Å². The first-order valence-corrected chi connectivity index (χ1v) is 9.84. The van der Waals surface area contributed by atoms with Crippen molar-refractivity contribution in [1.29, 1.82) is 0 Å². The van der Waals surface area contributed by atoms with Gasteiger partial charge in [-0.2, -0.15) is 0 Å². The Balaban J connectivity index is 2.01. The van der Waals surface area contributed by atoms with Gasteiger partial charge in [-0.15, -0.1) is 0 Å². The molecular weight excluding hydrogens is 284 g/mol. The van der Waals surface area contributed by atoms with E-state index in [0.29, 0.717) is 23.7 Å². The largest absolute Gasteiger partial charge is 0.382 e. The topological polar surface area (TPSA) is 37.3 Å². The van der Waals surface area contributed by atoms with Crippen molar-refractivity contribution in [3.63, 3.8) is 0 Å². The van der Waals surface area contributed by atoms with Crippen LogP contribution in [0.15, 0.2) is 0 Å². The Morgan fingerprint density at radius 2 is 1.57 bits per heavy atom. The lowest BCUT2D eigenvalue weighted by Gasteiger charge is -2.60. The van der Waals surface area contributed by atoms with Crippen molar-refractivity contribution in [3.8, 4) is 0 Å². The van der Waals surface area contributed by atoms with Gasteiger partial charge in [0.2, 0.25) is 0 Å². The summed E-state index contributed by atoms with van der Waals surface area (Å²) in [5, 5.41) is 11.2. The van der Waals surface area contributed by atoms with E-state index in [1.807, 2.05) is 0 Å². The fourth-order valence-electron chi connectivity index (χ4n) is 6.88. The Kier molecular flexibility index (Phi) is 4.23. The monoisotopic (exact) mass is 320 g/mol. The molecule has 3 aliphatic rings. The summed E-state index contributed by atoms with van der Waals surface area (Å²) in [6.45, 7) is 12.0. The van der Waals surface area contributed by atoms with Gasteiger partial charge in [0.15, 0.2) is 6.29 Å². The molecule has 0 aromatic carbocycles. The lowest BCUT2D eigenvalue weighted by Crippen LogP contribution is -2.59. The number of hydrogen-bond donors (Lipinski definition) is 1. The fourth-order valence-corrected chi connectivity index (χ4v) is 6.88. The Labute approximate surface area is 142 Å². The second-order valence-electron chi connectivity index (χ2n) is 10.0. The molecule has 2 bridgehead atoms. The molecule has 0 aromatic heterocycles. The molecule has 0 amide bonds. The molecule has 3 aliphatic carbocycles. The maximum Gasteiger partial charge on any atom is 0.152 e. The van der Waals surface area contributed by atoms with Gasteiger partial charge in [-0.1, -0.05) is 41.0 Å². The lowest BCUT2D eigenvalue weighted by molar-refractivity contribution is -0.179. The van der Waals surface area contributed by atoms with Crippen molar-refractivity contribution < 1.29 is 9.90 Å². The minimum absolute atomic E-state index is 0.240. The van der Waals surface area contributed by atoms with Crippen LogP contribution in [0.25, 0.3) is 0 Å². The third-order valence-corrected chi connectivity index (χ3v) is 8.85. The van der Waals surface area contributed by atoms with Gasteiger partial charge in [-0.3, -0.25) is 0 Å². The van der Waals surface area contributed by atoms with Crippen molar-refractivity contribution in [3.05, 3.63) is 0 Å². The summed E-state index contributed by atoms with van der Waals surface area (Å²) in [5.41, 5.74) is -0.949. The molecular formula is C21H36O2. The summed E-state index contributed by atoms with van der Waals surface area (Å²) in [7, 11) is 0. The fraction of sp³-hybridized carbons (Fsp3) is 0.952. The van der Waals surface area contributed by atoms with Crippen molar-refractivity contribution in [2.75, 3.05) is 0 Å². The minimum atomic E-state index is -1.11. The van der Waals surface area contributed by atoms with Crippen LogP contribution in [0.3, 0.4) is 0 Å². The molecule has 1 N–H and O–H groups in total. The molecule has 0 aromatic rings. The summed E-state index contributed by atoms with van der Waals surface area (Å²) in [6, 6.07) is 0. The SMILES string of the molecule is C[C@@H]1CCC(O)(C=O)[C@@]2(C)CC[C@H]3[C@H](C)CC[C@@H](C[C@H]12)C3(C)C. The lowest BCUT2D eigenvalue weighted by atomic mass is 9.46. The van der Waals surface area contributed by atoms with Gasteiger partial charge in [0.05, 0.1) is 0 Å². The molecule has 1 unspecified atom stereocenters. The number of rotatable bonds is 1. The normalized spacial score (nSPS) is 52.9. The van der Waals surface area contributed by atoms with Crippen LogP contribution in [0.4, 0.5) is 0 Å². The van der Waals surface area contributed by atoms with E-state index in [4.69, 9.17) is 0 Å². The Bertz CT molecular complexity index is 470. The molecule has 3 saturated carbocycles. The zero-order valence-electron chi connectivity index (χ0n) is 15.8. The Morgan fingerprint density at radius 1 is 0.913 bits per heavy atom. The summed E-state index contributed by atoms with van der Waals surface area (Å²) >= 11 is 0. The molecule has 2 nitrogen and oxygen atoms in total. The van der Waals surface area contributed by atoms with Gasteiger partial charge in [0.1, 0.15) is 5.60 Å². The predicted molar refractivity (Wildman–Crippen MR) is 94.0 cm³/mol. The average molecular weight is 321 g/mol. The van der Waals surface area contributed by atoms with E-state index in [9.17, 15) is 9.90 Å². The highest BCUT2D eigenvalue weighted by atomic mass is 16.3. The second-order valence-corrected chi connectivity index (χ2v) is 10.0. The van der Waals surface area contributed by atoms with Gasteiger partial charge >= 0.3 is 0 Å². The van der Waals surface area contributed by atoms with Crippen molar-refractivity contribution >= 4 is 6.29 Å². The third kappa shape index (κ3) is 2.42. The first-order valence-electron chi connectivity index (χ1n) is 9.84. The van der Waals surface area contributed by atoms with Crippen LogP contribution in [-0.2, 0) is 4.79 Å². The van der Waals surface area contributed by atoms with Crippen LogP contribution < -0.4 is 0 Å². The molecule has 7 atom stereocenters. The quantitative estimate of drug-likeness (QED) is 0.702. The maximum absolute atomic E-state index is 11.8. The average Bonchev–Trinajstić information content (AvgIpc) is 2.49. The maximum atomic E-state index is 11.8. The first-order chi connectivity index (χ1) is 10.7. The van der Waals surface area contributed by atoms with Crippen LogP contribution in [0.5, 0.6) is 0 Å². The van der Waals surface area contributed by atoms with Gasteiger partial charge in [0, 0.05) is 5.41 Å². The Morgan fingerprint density at radius 3 is 2.22 bits per heavy atom. The number of aliphatic hydroxyl groups is 1. The van der Waals surface area contributed by atoms with Crippen LogP contribution in [0, 0.1) is 40.4 Å². The zero-order valence-corrected chi connectivity index (χ0v) is 15.8. The molecule has 3 rings (SSSR count). The highest BCUT2D eigenvalue weighted by molar-refractivity contribution is 5.64. The van der Waals surface area contributed by atoms with Crippen LogP contribution in [-0.4, -0.2) is 17.0 Å². The number of hydrogen-bond acceptors (Lipinski definition) is 2. The molecule has 23 heavy (non-hydrogen) atoms. The van der Waals surface area contributed by atoms with E-state index in [-0.39, 0.29) is 5.41 Å². The minimum Gasteiger partial charge on any atom is -0.382 e. The predicted octanol–water partition coefficient (Wildman–Crippen LogP) is 4.84. The van der Waals surface area contributed by atoms with Gasteiger partial charge in [-0.25, -0.2) is 0 Å². The Hall–Kier alpha value is -0.370. The van der Waals surface area contributed by atoms with Crippen molar-refractivity contribution in [2.45, 2.75) is 85.2 Å². The van der Waals surface area contributed by atoms with E-state index in [0.717, 1.165) is 36.9 Å². The molecule has 0 saturated heterocycles. The highest BCUT2D eigenvalue weighted by Crippen LogP contribution is 2.62. The van der Waals surface area contributed by atoms with Crippen LogP contribution >= 0.6 is 0 Å². The summed E-state index contributed by atoms with van der Waals surface area (Å²) in [4.78, 5) is 11.8. The van der Waals surface area contributed by atoms with E-state index in [1.54, 1.807) is 0 Å². The standard InChI is InChI=1S/C21H36O2/c1-14-6-7-16-12-18-15(2)8-11-21(23,13-22)20(18,5)10-9-17(14)19(16,3)4/h13-18,23H,6-12H2,1-5H3/t14-,15-,16+,17+,18-,20+,21?/m1/s1. The van der Waals surface area contributed by atoms with E-state index in [1.165, 1.54) is 25.7 Å². The van der Waals surface area contributed by atoms with Crippen molar-refractivity contribution in [1.82, 2.24) is 0 Å². The number of carbonyl (C=O) groups excluding carboxylic acids is 1. The van der Waals surface area contributed by atoms with Crippen LogP contribution in [0.1, 0.15) is 79.6 Å². The summed E-state index contributed by atoms with van der Waals surface area (Å²) in [5.74, 6) is 3.33. The van der Waals surface area contributed by atoms with Crippen LogP contribution in [0.2, 0.25) is 0 Å². The molecule has 0 spiro atoms. The second kappa shape index (κ2) is 5.58. The molecule has 0 radical (unpaired) electrons. The van der Waals surface area contributed by atoms with Gasteiger partial charge in [-0.05, 0) is 73.5 Å². The van der Waals surface area contributed by atoms with Gasteiger partial charge < -0.3 is 9.90 Å².